The zero-order valence-electron chi connectivity index (χ0n) is 6.71. The van der Waals surface area contributed by atoms with Gasteiger partial charge in [0.25, 0.3) is 0 Å². The van der Waals surface area contributed by atoms with E-state index in [1.165, 1.54) is 5.56 Å². The van der Waals surface area contributed by atoms with Crippen molar-refractivity contribution in [3.05, 3.63) is 35.9 Å². The maximum Gasteiger partial charge on any atom is 0.0464 e. The van der Waals surface area contributed by atoms with Crippen LogP contribution < -0.4 is 0 Å². The summed E-state index contributed by atoms with van der Waals surface area (Å²) in [4.78, 5) is 0. The van der Waals surface area contributed by atoms with Crippen molar-refractivity contribution < 1.29 is 4.48 Å². The van der Waals surface area contributed by atoms with Crippen molar-refractivity contribution >= 4 is 11.8 Å². The number of aryl methyl sites for hydroxylation is 1. The fourth-order valence-corrected chi connectivity index (χ4v) is 1.17. The summed E-state index contributed by atoms with van der Waals surface area (Å²) in [5.74, 6) is 0. The van der Waals surface area contributed by atoms with Gasteiger partial charge < -0.3 is 0 Å². The SMILES string of the molecule is FN(Cl)CCCc1ccccc1. The van der Waals surface area contributed by atoms with Crippen molar-refractivity contribution in [2.24, 2.45) is 0 Å². The highest BCUT2D eigenvalue weighted by atomic mass is 35.5. The second-order valence-electron chi connectivity index (χ2n) is 2.62. The molecule has 1 nitrogen and oxygen atoms in total. The minimum atomic E-state index is 0.197. The largest absolute Gasteiger partial charge is 0.118 e. The molecule has 0 saturated heterocycles. The van der Waals surface area contributed by atoms with Crippen LogP contribution in [0.4, 0.5) is 4.48 Å². The van der Waals surface area contributed by atoms with Gasteiger partial charge in [-0.1, -0.05) is 35.0 Å². The lowest BCUT2D eigenvalue weighted by Gasteiger charge is -2.01. The highest BCUT2D eigenvalue weighted by Crippen LogP contribution is 2.04. The van der Waals surface area contributed by atoms with E-state index in [-0.39, 0.29) is 11.2 Å². The van der Waals surface area contributed by atoms with E-state index in [9.17, 15) is 4.48 Å². The van der Waals surface area contributed by atoms with Gasteiger partial charge in [-0.05, 0) is 18.4 Å². The van der Waals surface area contributed by atoms with Gasteiger partial charge >= 0.3 is 0 Å². The van der Waals surface area contributed by atoms with Gasteiger partial charge in [0.1, 0.15) is 0 Å². The molecular formula is C9H11ClFN. The van der Waals surface area contributed by atoms with Crippen LogP contribution in [-0.4, -0.2) is 11.2 Å². The van der Waals surface area contributed by atoms with Crippen LogP contribution in [0.1, 0.15) is 12.0 Å². The number of rotatable bonds is 4. The fourth-order valence-electron chi connectivity index (χ4n) is 1.05. The van der Waals surface area contributed by atoms with Crippen molar-refractivity contribution in [3.63, 3.8) is 0 Å². The van der Waals surface area contributed by atoms with E-state index in [1.807, 2.05) is 30.3 Å². The summed E-state index contributed by atoms with van der Waals surface area (Å²) >= 11 is 5.01. The van der Waals surface area contributed by atoms with Gasteiger partial charge in [0.05, 0.1) is 0 Å². The first-order valence-corrected chi connectivity index (χ1v) is 4.26. The van der Waals surface area contributed by atoms with Gasteiger partial charge in [-0.15, -0.1) is 4.48 Å². The Morgan fingerprint density at radius 3 is 2.50 bits per heavy atom. The highest BCUT2D eigenvalue weighted by Gasteiger charge is 1.96. The first-order valence-electron chi connectivity index (χ1n) is 3.92. The lowest BCUT2D eigenvalue weighted by Crippen LogP contribution is -2.02. The Bertz CT molecular complexity index is 213. The molecule has 0 aliphatic carbocycles. The van der Waals surface area contributed by atoms with Crippen molar-refractivity contribution in [2.75, 3.05) is 6.54 Å². The second-order valence-corrected chi connectivity index (χ2v) is 2.98. The Morgan fingerprint density at radius 1 is 1.25 bits per heavy atom. The maximum absolute atomic E-state index is 12.0. The molecule has 0 aliphatic rings. The number of hydrogen-bond acceptors (Lipinski definition) is 1. The van der Waals surface area contributed by atoms with Crippen LogP contribution >= 0.6 is 11.8 Å². The van der Waals surface area contributed by atoms with Gasteiger partial charge in [-0.3, -0.25) is 0 Å². The molecule has 0 N–H and O–H groups in total. The smallest absolute Gasteiger partial charge is 0.0464 e. The fraction of sp³-hybridized carbons (Fsp3) is 0.333. The summed E-state index contributed by atoms with van der Waals surface area (Å²) in [6, 6.07) is 9.96. The van der Waals surface area contributed by atoms with Crippen LogP contribution in [0, 0.1) is 0 Å². The van der Waals surface area contributed by atoms with E-state index >= 15 is 0 Å². The lowest BCUT2D eigenvalue weighted by atomic mass is 10.1. The third-order valence-electron chi connectivity index (χ3n) is 1.64. The Labute approximate surface area is 76.8 Å². The van der Waals surface area contributed by atoms with Gasteiger partial charge in [-0.2, -0.15) is 0 Å². The molecule has 0 bridgehead atoms. The monoisotopic (exact) mass is 187 g/mol. The summed E-state index contributed by atoms with van der Waals surface area (Å²) in [5, 5.41) is 0. The molecule has 0 heterocycles. The Balaban J connectivity index is 2.25. The lowest BCUT2D eigenvalue weighted by molar-refractivity contribution is 0.145. The summed E-state index contributed by atoms with van der Waals surface area (Å²) in [5.41, 5.74) is 1.22. The average molecular weight is 188 g/mol. The molecule has 1 aromatic rings. The van der Waals surface area contributed by atoms with Crippen LogP contribution in [-0.2, 0) is 6.42 Å². The molecule has 3 heteroatoms. The third-order valence-corrected chi connectivity index (χ3v) is 1.80. The van der Waals surface area contributed by atoms with E-state index in [1.54, 1.807) is 0 Å². The van der Waals surface area contributed by atoms with E-state index < -0.39 is 0 Å². The van der Waals surface area contributed by atoms with Crippen molar-refractivity contribution in [3.8, 4) is 0 Å². The molecule has 0 saturated carbocycles. The minimum absolute atomic E-state index is 0.197. The molecule has 0 aromatic heterocycles. The van der Waals surface area contributed by atoms with Gasteiger partial charge in [0.2, 0.25) is 0 Å². The summed E-state index contributed by atoms with van der Waals surface area (Å²) in [7, 11) is 0. The van der Waals surface area contributed by atoms with Gasteiger partial charge in [0.15, 0.2) is 0 Å². The van der Waals surface area contributed by atoms with Crippen molar-refractivity contribution in [2.45, 2.75) is 12.8 Å². The molecule has 1 rings (SSSR count). The maximum atomic E-state index is 12.0. The number of nitrogens with zero attached hydrogens (tertiary/aromatic N) is 1. The molecule has 0 spiro atoms. The molecule has 12 heavy (non-hydrogen) atoms. The zero-order valence-corrected chi connectivity index (χ0v) is 7.47. The second kappa shape index (κ2) is 5.12. The Kier molecular flexibility index (Phi) is 4.05. The van der Waals surface area contributed by atoms with Crippen LogP contribution in [0.5, 0.6) is 0 Å². The molecule has 0 unspecified atom stereocenters. The Morgan fingerprint density at radius 2 is 1.92 bits per heavy atom. The standard InChI is InChI=1S/C9H11ClFN/c10-12(11)8-4-7-9-5-2-1-3-6-9/h1-3,5-6H,4,7-8H2. The minimum Gasteiger partial charge on any atom is -0.118 e. The molecule has 0 fully saturated rings. The average Bonchev–Trinajstić information content (AvgIpc) is 2.05. The zero-order chi connectivity index (χ0) is 8.81. The number of benzene rings is 1. The van der Waals surface area contributed by atoms with E-state index in [4.69, 9.17) is 11.8 Å². The molecule has 0 atom stereocenters. The van der Waals surface area contributed by atoms with Crippen molar-refractivity contribution in [1.29, 1.82) is 0 Å². The molecule has 1 aromatic carbocycles. The highest BCUT2D eigenvalue weighted by molar-refractivity contribution is 6.12. The quantitative estimate of drug-likeness (QED) is 0.656. The van der Waals surface area contributed by atoms with Gasteiger partial charge in [-0.25, -0.2) is 0 Å². The molecule has 0 aliphatic heterocycles. The third kappa shape index (κ3) is 3.69. The summed E-state index contributed by atoms with van der Waals surface area (Å²) < 4.78 is 12.2. The summed E-state index contributed by atoms with van der Waals surface area (Å²) in [6.45, 7) is 0.274. The Hall–Kier alpha value is -0.600. The van der Waals surface area contributed by atoms with Crippen LogP contribution in [0.2, 0.25) is 0 Å². The molecule has 0 radical (unpaired) electrons. The predicted octanol–water partition coefficient (Wildman–Crippen LogP) is 2.96. The normalized spacial score (nSPS) is 10.6. The van der Waals surface area contributed by atoms with Crippen molar-refractivity contribution in [1.82, 2.24) is 4.64 Å². The topological polar surface area (TPSA) is 3.24 Å². The summed E-state index contributed by atoms with van der Waals surface area (Å²) in [6.07, 6.45) is 1.61. The first kappa shape index (κ1) is 9.49. The molecule has 66 valence electrons. The first-order chi connectivity index (χ1) is 5.79. The number of hydrogen-bond donors (Lipinski definition) is 0. The van der Waals surface area contributed by atoms with E-state index in [2.05, 4.69) is 0 Å². The van der Waals surface area contributed by atoms with E-state index in [0.717, 1.165) is 12.8 Å². The van der Waals surface area contributed by atoms with Gasteiger partial charge in [0, 0.05) is 18.3 Å². The van der Waals surface area contributed by atoms with Crippen LogP contribution in [0.3, 0.4) is 0 Å². The van der Waals surface area contributed by atoms with Crippen LogP contribution in [0.15, 0.2) is 30.3 Å². The number of halogens is 2. The predicted molar refractivity (Wildman–Crippen MR) is 48.4 cm³/mol. The van der Waals surface area contributed by atoms with Crippen LogP contribution in [0.25, 0.3) is 0 Å². The molecular weight excluding hydrogens is 177 g/mol. The van der Waals surface area contributed by atoms with E-state index in [0.29, 0.717) is 0 Å². The molecule has 0 amide bonds.